The molecular weight excluding hydrogens is 488 g/mol. The van der Waals surface area contributed by atoms with Crippen molar-refractivity contribution in [2.24, 2.45) is 10.9 Å². The van der Waals surface area contributed by atoms with Crippen LogP contribution in [0.1, 0.15) is 27.0 Å². The molecule has 3 N–H and O–H groups in total. The number of amides is 1. The highest BCUT2D eigenvalue weighted by Gasteiger charge is 2.13. The van der Waals surface area contributed by atoms with E-state index in [1.807, 2.05) is 53.5 Å². The van der Waals surface area contributed by atoms with Crippen LogP contribution in [0.25, 0.3) is 0 Å². The molecule has 3 rings (SSSR count). The van der Waals surface area contributed by atoms with Crippen molar-refractivity contribution in [3.05, 3.63) is 95.6 Å². The third-order valence-corrected chi connectivity index (χ3v) is 4.09. The smallest absolute Gasteiger partial charge is 0.254 e. The first-order valence-corrected chi connectivity index (χ1v) is 8.18. The van der Waals surface area contributed by atoms with Crippen molar-refractivity contribution >= 4 is 12.1 Å². The van der Waals surface area contributed by atoms with Crippen molar-refractivity contribution < 1.29 is 53.1 Å². The molecule has 3 aromatic rings. The minimum atomic E-state index is -0.435. The summed E-state index contributed by atoms with van der Waals surface area (Å²) < 4.78 is 4.00. The normalized spacial score (nSPS) is 10.1. The third-order valence-electron chi connectivity index (χ3n) is 4.09. The van der Waals surface area contributed by atoms with Gasteiger partial charge in [0, 0.05) is 34.9 Å². The van der Waals surface area contributed by atoms with Gasteiger partial charge in [-0.3, -0.25) is 4.79 Å². The van der Waals surface area contributed by atoms with Crippen LogP contribution in [0.3, 0.4) is 0 Å². The Morgan fingerprint density at radius 2 is 1.54 bits per heavy atom. The Balaban J connectivity index is 0.00000196. The Hall–Kier alpha value is -2.58. The Morgan fingerprint density at radius 3 is 2.11 bits per heavy atom. The molecule has 8 heteroatoms. The molecule has 0 bridgehead atoms. The van der Waals surface area contributed by atoms with E-state index in [4.69, 9.17) is 10.9 Å². The largest absolute Gasteiger partial charge is 1.00 e. The van der Waals surface area contributed by atoms with Gasteiger partial charge in [0.25, 0.3) is 5.91 Å². The van der Waals surface area contributed by atoms with Crippen molar-refractivity contribution in [3.63, 3.8) is 0 Å². The Bertz CT molecular complexity index is 947. The molecule has 0 saturated heterocycles. The monoisotopic (exact) mass is 506 g/mol. The van der Waals surface area contributed by atoms with E-state index in [-0.39, 0.29) is 34.0 Å². The van der Waals surface area contributed by atoms with Gasteiger partial charge >= 0.3 is 0 Å². The first-order chi connectivity index (χ1) is 12.7. The van der Waals surface area contributed by atoms with E-state index in [1.54, 1.807) is 12.3 Å². The molecule has 0 spiro atoms. The highest BCUT2D eigenvalue weighted by molar-refractivity contribution is 5.92. The second kappa shape index (κ2) is 11.3. The summed E-state index contributed by atoms with van der Waals surface area (Å²) in [6, 6.07) is 15.5. The highest BCUT2D eigenvalue weighted by atomic mass is 79.9. The van der Waals surface area contributed by atoms with E-state index < -0.39 is 5.91 Å². The van der Waals surface area contributed by atoms with Crippen LogP contribution < -0.4 is 48.8 Å². The predicted molar refractivity (Wildman–Crippen MR) is 95.8 cm³/mol. The molecule has 1 aromatic carbocycles. The predicted octanol–water partition coefficient (Wildman–Crippen LogP) is -4.73. The number of oxime groups is 1. The van der Waals surface area contributed by atoms with Gasteiger partial charge in [-0.1, -0.05) is 29.4 Å². The van der Waals surface area contributed by atoms with Crippen LogP contribution in [0.15, 0.2) is 78.5 Å². The number of primary amides is 1. The average molecular weight is 508 g/mol. The second-order valence-corrected chi connectivity index (χ2v) is 5.95. The number of pyridine rings is 2. The molecule has 1 amide bonds. The number of hydrogen-bond acceptors (Lipinski definition) is 3. The van der Waals surface area contributed by atoms with Crippen LogP contribution in [0, 0.1) is 0 Å². The number of carbonyl (C=O) groups excluding carboxylic acids is 1. The van der Waals surface area contributed by atoms with Crippen LogP contribution in [0.4, 0.5) is 0 Å². The molecule has 146 valence electrons. The number of benzene rings is 1. The molecule has 0 aliphatic rings. The van der Waals surface area contributed by atoms with Gasteiger partial charge in [-0.25, -0.2) is 4.57 Å². The maximum Gasteiger partial charge on any atom is 0.254 e. The highest BCUT2D eigenvalue weighted by Crippen LogP contribution is 2.08. The molecule has 0 aliphatic carbocycles. The van der Waals surface area contributed by atoms with Gasteiger partial charge < -0.3 is 44.9 Å². The fourth-order valence-electron chi connectivity index (χ4n) is 2.75. The number of aromatic nitrogens is 2. The molecule has 0 radical (unpaired) electrons. The maximum absolute atomic E-state index is 11.4. The number of hydrogen-bond donors (Lipinski definition) is 2. The van der Waals surface area contributed by atoms with Crippen molar-refractivity contribution in [1.29, 1.82) is 0 Å². The summed E-state index contributed by atoms with van der Waals surface area (Å²) in [5, 5.41) is 11.6. The van der Waals surface area contributed by atoms with Gasteiger partial charge in [0.1, 0.15) is 5.56 Å². The SMILES string of the molecule is NC(=O)c1ccc[n+](Cc2ccccc2C[n+]2ccc(/C=N/O)cc2)c1.[Br-].[Br-]. The third kappa shape index (κ3) is 6.24. The van der Waals surface area contributed by atoms with E-state index in [9.17, 15) is 4.79 Å². The minimum absolute atomic E-state index is 0. The lowest BCUT2D eigenvalue weighted by molar-refractivity contribution is -0.693. The molecule has 0 atom stereocenters. The molecule has 0 unspecified atom stereocenters. The van der Waals surface area contributed by atoms with Gasteiger partial charge in [-0.05, 0) is 6.07 Å². The molecule has 2 heterocycles. The van der Waals surface area contributed by atoms with Crippen LogP contribution in [-0.4, -0.2) is 17.3 Å². The summed E-state index contributed by atoms with van der Waals surface area (Å²) in [5.74, 6) is -0.435. The molecular formula is C20H20Br2N4O2. The lowest BCUT2D eigenvalue weighted by atomic mass is 10.1. The summed E-state index contributed by atoms with van der Waals surface area (Å²) in [7, 11) is 0. The zero-order valence-corrected chi connectivity index (χ0v) is 18.1. The summed E-state index contributed by atoms with van der Waals surface area (Å²) in [5.41, 5.74) is 9.02. The van der Waals surface area contributed by atoms with E-state index in [0.29, 0.717) is 18.7 Å². The first-order valence-electron chi connectivity index (χ1n) is 8.18. The van der Waals surface area contributed by atoms with Gasteiger partial charge in [0.2, 0.25) is 0 Å². The molecule has 6 nitrogen and oxygen atoms in total. The Morgan fingerprint density at radius 1 is 0.929 bits per heavy atom. The molecule has 0 fully saturated rings. The van der Waals surface area contributed by atoms with Crippen LogP contribution in [0.2, 0.25) is 0 Å². The molecule has 2 aromatic heterocycles. The number of carbonyl (C=O) groups is 1. The summed E-state index contributed by atoms with van der Waals surface area (Å²) in [6.45, 7) is 1.36. The van der Waals surface area contributed by atoms with Crippen LogP contribution >= 0.6 is 0 Å². The summed E-state index contributed by atoms with van der Waals surface area (Å²) in [4.78, 5) is 11.4. The van der Waals surface area contributed by atoms with Crippen molar-refractivity contribution in [3.8, 4) is 0 Å². The van der Waals surface area contributed by atoms with Gasteiger partial charge in [-0.15, -0.1) is 0 Å². The van der Waals surface area contributed by atoms with Gasteiger partial charge in [0.05, 0.1) is 6.21 Å². The fraction of sp³-hybridized carbons (Fsp3) is 0.100. The number of nitrogens with two attached hydrogens (primary N) is 1. The van der Waals surface area contributed by atoms with E-state index in [2.05, 4.69) is 21.9 Å². The van der Waals surface area contributed by atoms with E-state index in [1.165, 1.54) is 11.8 Å². The topological polar surface area (TPSA) is 83.4 Å². The zero-order chi connectivity index (χ0) is 18.4. The van der Waals surface area contributed by atoms with Crippen molar-refractivity contribution in [1.82, 2.24) is 0 Å². The van der Waals surface area contributed by atoms with E-state index in [0.717, 1.165) is 11.1 Å². The van der Waals surface area contributed by atoms with Crippen molar-refractivity contribution in [2.45, 2.75) is 13.1 Å². The number of nitrogens with zero attached hydrogens (tertiary/aromatic N) is 3. The standard InChI is InChI=1S/C20H18N4O2.2BrH/c21-20(25)19-6-3-9-24(15-19)14-18-5-2-1-4-17(18)13-23-10-7-16(8-11-23)12-22-26;;/h1-12,15H,13-14H2,(H-,21,25);2*1H. The Kier molecular flexibility index (Phi) is 9.47. The zero-order valence-electron chi connectivity index (χ0n) is 15.0. The summed E-state index contributed by atoms with van der Waals surface area (Å²) in [6.07, 6.45) is 8.94. The molecule has 0 aliphatic heterocycles. The summed E-state index contributed by atoms with van der Waals surface area (Å²) >= 11 is 0. The minimum Gasteiger partial charge on any atom is -1.00 e. The molecule has 0 saturated carbocycles. The molecule has 28 heavy (non-hydrogen) atoms. The first kappa shape index (κ1) is 23.5. The number of halogens is 2. The van der Waals surface area contributed by atoms with Gasteiger partial charge in [-0.2, -0.15) is 4.57 Å². The average Bonchev–Trinajstić information content (AvgIpc) is 2.65. The maximum atomic E-state index is 11.4. The number of rotatable bonds is 6. The van der Waals surface area contributed by atoms with Gasteiger partial charge in [0.15, 0.2) is 37.9 Å². The lowest BCUT2D eigenvalue weighted by Crippen LogP contribution is -3.00. The van der Waals surface area contributed by atoms with Crippen LogP contribution in [0.5, 0.6) is 0 Å². The van der Waals surface area contributed by atoms with E-state index >= 15 is 0 Å². The second-order valence-electron chi connectivity index (χ2n) is 5.95. The van der Waals surface area contributed by atoms with Crippen LogP contribution in [-0.2, 0) is 13.1 Å². The Labute approximate surface area is 184 Å². The fourth-order valence-corrected chi connectivity index (χ4v) is 2.75. The lowest BCUT2D eigenvalue weighted by Gasteiger charge is -2.05. The quantitative estimate of drug-likeness (QED) is 0.152. The van der Waals surface area contributed by atoms with Crippen molar-refractivity contribution in [2.75, 3.05) is 0 Å².